The molecule has 0 aromatic heterocycles. The van der Waals surface area contributed by atoms with Crippen LogP contribution in [-0.2, 0) is 12.7 Å². The van der Waals surface area contributed by atoms with E-state index in [4.69, 9.17) is 0 Å². The van der Waals surface area contributed by atoms with E-state index in [2.05, 4.69) is 16.0 Å². The number of amides is 2. The van der Waals surface area contributed by atoms with Crippen molar-refractivity contribution in [2.24, 2.45) is 0 Å². The molecule has 0 saturated heterocycles. The van der Waals surface area contributed by atoms with Crippen LogP contribution in [0.25, 0.3) is 0 Å². The van der Waals surface area contributed by atoms with E-state index in [1.807, 2.05) is 0 Å². The molecule has 2 aromatic rings. The first kappa shape index (κ1) is 20.0. The van der Waals surface area contributed by atoms with E-state index in [0.717, 1.165) is 12.1 Å². The van der Waals surface area contributed by atoms with Crippen LogP contribution in [0.2, 0.25) is 0 Å². The molecule has 0 bridgehead atoms. The Labute approximate surface area is 152 Å². The molecule has 0 spiro atoms. The van der Waals surface area contributed by atoms with Crippen LogP contribution in [0.15, 0.2) is 48.5 Å². The molecule has 0 fully saturated rings. The molecular weight excluding hydrogens is 365 g/mol. The molecule has 2 rings (SSSR count). The molecule has 0 aliphatic heterocycles. The van der Waals surface area contributed by atoms with E-state index in [-0.39, 0.29) is 25.3 Å². The zero-order valence-corrected chi connectivity index (χ0v) is 14.0. The number of nitro groups is 1. The van der Waals surface area contributed by atoms with Crippen LogP contribution >= 0.6 is 0 Å². The van der Waals surface area contributed by atoms with Crippen LogP contribution in [0, 0.1) is 10.1 Å². The zero-order chi connectivity index (χ0) is 19.9. The zero-order valence-electron chi connectivity index (χ0n) is 14.0. The van der Waals surface area contributed by atoms with Crippen LogP contribution in [0.3, 0.4) is 0 Å². The second-order valence-corrected chi connectivity index (χ2v) is 5.51. The van der Waals surface area contributed by atoms with Crippen LogP contribution in [-0.4, -0.2) is 24.0 Å². The van der Waals surface area contributed by atoms with Gasteiger partial charge >= 0.3 is 12.2 Å². The topological polar surface area (TPSA) is 96.3 Å². The monoisotopic (exact) mass is 382 g/mol. The summed E-state index contributed by atoms with van der Waals surface area (Å²) >= 11 is 0. The predicted molar refractivity (Wildman–Crippen MR) is 93.3 cm³/mol. The van der Waals surface area contributed by atoms with E-state index in [1.165, 1.54) is 18.2 Å². The third-order valence-corrected chi connectivity index (χ3v) is 3.53. The summed E-state index contributed by atoms with van der Waals surface area (Å²) in [6.45, 7) is 0.343. The lowest BCUT2D eigenvalue weighted by Crippen LogP contribution is -2.37. The van der Waals surface area contributed by atoms with Crippen LogP contribution in [0.1, 0.15) is 11.1 Å². The Hall–Kier alpha value is -3.30. The highest BCUT2D eigenvalue weighted by Crippen LogP contribution is 2.29. The molecule has 3 N–H and O–H groups in total. The smallest absolute Gasteiger partial charge is 0.378 e. The van der Waals surface area contributed by atoms with Crippen LogP contribution in [0.4, 0.5) is 29.3 Å². The summed E-state index contributed by atoms with van der Waals surface area (Å²) in [5, 5.41) is 18.7. The van der Waals surface area contributed by atoms with Crippen molar-refractivity contribution in [1.82, 2.24) is 10.6 Å². The number of anilines is 1. The number of rotatable bonds is 7. The first-order valence-electron chi connectivity index (χ1n) is 7.92. The van der Waals surface area contributed by atoms with E-state index in [1.54, 1.807) is 18.2 Å². The maximum absolute atomic E-state index is 12.6. The number of urea groups is 1. The highest BCUT2D eigenvalue weighted by atomic mass is 19.4. The molecule has 0 radical (unpaired) electrons. The lowest BCUT2D eigenvalue weighted by atomic mass is 10.1. The largest absolute Gasteiger partial charge is 0.416 e. The fraction of sp³-hybridized carbons (Fsp3) is 0.235. The number of nitrogens with one attached hydrogen (secondary N) is 3. The summed E-state index contributed by atoms with van der Waals surface area (Å²) in [7, 11) is 0. The van der Waals surface area contributed by atoms with Gasteiger partial charge in [0.1, 0.15) is 5.69 Å². The fourth-order valence-electron chi connectivity index (χ4n) is 2.26. The Morgan fingerprint density at radius 2 is 1.78 bits per heavy atom. The average Bonchev–Trinajstić information content (AvgIpc) is 2.63. The van der Waals surface area contributed by atoms with E-state index >= 15 is 0 Å². The molecule has 2 amide bonds. The van der Waals surface area contributed by atoms with Crippen LogP contribution < -0.4 is 16.0 Å². The fourth-order valence-corrected chi connectivity index (χ4v) is 2.26. The molecule has 7 nitrogen and oxygen atoms in total. The number of hydrogen-bond donors (Lipinski definition) is 3. The lowest BCUT2D eigenvalue weighted by Gasteiger charge is -2.11. The normalized spacial score (nSPS) is 10.9. The van der Waals surface area contributed by atoms with Gasteiger partial charge in [0.2, 0.25) is 0 Å². The number of carbonyl (C=O) groups excluding carboxylic acids is 1. The van der Waals surface area contributed by atoms with Crippen molar-refractivity contribution < 1.29 is 22.9 Å². The molecule has 0 saturated carbocycles. The van der Waals surface area contributed by atoms with Crippen molar-refractivity contribution >= 4 is 17.4 Å². The first-order valence-corrected chi connectivity index (χ1v) is 7.92. The summed E-state index contributed by atoms with van der Waals surface area (Å²) in [6.07, 6.45) is -4.44. The van der Waals surface area contributed by atoms with Gasteiger partial charge in [-0.25, -0.2) is 4.79 Å². The molecule has 10 heteroatoms. The Bertz CT molecular complexity index is 812. The van der Waals surface area contributed by atoms with Crippen molar-refractivity contribution in [2.75, 3.05) is 18.4 Å². The summed E-state index contributed by atoms with van der Waals surface area (Å²) in [4.78, 5) is 22.1. The van der Waals surface area contributed by atoms with Gasteiger partial charge in [-0.05, 0) is 23.8 Å². The van der Waals surface area contributed by atoms with Gasteiger partial charge in [-0.3, -0.25) is 10.1 Å². The second-order valence-electron chi connectivity index (χ2n) is 5.51. The van der Waals surface area contributed by atoms with Crippen LogP contribution in [0.5, 0.6) is 0 Å². The molecule has 27 heavy (non-hydrogen) atoms. The minimum atomic E-state index is -4.44. The van der Waals surface area contributed by atoms with Gasteiger partial charge < -0.3 is 16.0 Å². The highest BCUT2D eigenvalue weighted by Gasteiger charge is 2.30. The number of hydrogen-bond acceptors (Lipinski definition) is 4. The first-order chi connectivity index (χ1) is 12.8. The number of halogens is 3. The van der Waals surface area contributed by atoms with Crippen molar-refractivity contribution in [3.63, 3.8) is 0 Å². The molecule has 0 aliphatic carbocycles. The van der Waals surface area contributed by atoms with E-state index in [9.17, 15) is 28.1 Å². The number of carbonyl (C=O) groups is 1. The van der Waals surface area contributed by atoms with Gasteiger partial charge in [0.05, 0.1) is 10.5 Å². The van der Waals surface area contributed by atoms with Gasteiger partial charge in [0.25, 0.3) is 5.69 Å². The van der Waals surface area contributed by atoms with Crippen molar-refractivity contribution in [3.05, 3.63) is 69.8 Å². The Kier molecular flexibility index (Phi) is 6.58. The van der Waals surface area contributed by atoms with Crippen molar-refractivity contribution in [1.29, 1.82) is 0 Å². The molecular formula is C17H17F3N4O3. The number of para-hydroxylation sites is 2. The van der Waals surface area contributed by atoms with Gasteiger partial charge in [-0.2, -0.15) is 13.2 Å². The molecule has 144 valence electrons. The molecule has 0 atom stereocenters. The number of nitrogens with zero attached hydrogens (tertiary/aromatic N) is 1. The maximum Gasteiger partial charge on any atom is 0.416 e. The average molecular weight is 382 g/mol. The van der Waals surface area contributed by atoms with E-state index < -0.39 is 22.7 Å². The van der Waals surface area contributed by atoms with Gasteiger partial charge in [0.15, 0.2) is 0 Å². The lowest BCUT2D eigenvalue weighted by molar-refractivity contribution is -0.384. The Balaban J connectivity index is 1.75. The highest BCUT2D eigenvalue weighted by molar-refractivity contribution is 5.73. The molecule has 0 unspecified atom stereocenters. The number of benzene rings is 2. The standard InChI is InChI=1S/C17H17F3N4O3/c18-17(19,20)13-5-3-4-12(10-13)11-23-16(25)22-9-8-21-14-6-1-2-7-15(14)24(26)27/h1-7,10,21H,8-9,11H2,(H2,22,23,25). The van der Waals surface area contributed by atoms with Gasteiger partial charge in [0, 0.05) is 25.7 Å². The minimum absolute atomic E-state index is 0.0622. The van der Waals surface area contributed by atoms with Crippen molar-refractivity contribution in [2.45, 2.75) is 12.7 Å². The quantitative estimate of drug-likeness (QED) is 0.388. The Morgan fingerprint density at radius 1 is 1.04 bits per heavy atom. The number of alkyl halides is 3. The molecule has 2 aromatic carbocycles. The number of nitro benzene ring substituents is 1. The summed E-state index contributed by atoms with van der Waals surface area (Å²) < 4.78 is 37.9. The molecule has 0 aliphatic rings. The maximum atomic E-state index is 12.6. The third kappa shape index (κ3) is 6.17. The van der Waals surface area contributed by atoms with Crippen molar-refractivity contribution in [3.8, 4) is 0 Å². The van der Waals surface area contributed by atoms with E-state index in [0.29, 0.717) is 11.3 Å². The van der Waals surface area contributed by atoms with Gasteiger partial charge in [-0.15, -0.1) is 0 Å². The summed E-state index contributed by atoms with van der Waals surface area (Å²) in [6, 6.07) is 10.2. The summed E-state index contributed by atoms with van der Waals surface area (Å²) in [5.41, 5.74) is -0.214. The molecule has 0 heterocycles. The minimum Gasteiger partial charge on any atom is -0.378 e. The Morgan fingerprint density at radius 3 is 2.48 bits per heavy atom. The second kappa shape index (κ2) is 8.88. The SMILES string of the molecule is O=C(NCCNc1ccccc1[N+](=O)[O-])NCc1cccc(C(F)(F)F)c1. The summed E-state index contributed by atoms with van der Waals surface area (Å²) in [5.74, 6) is 0. The predicted octanol–water partition coefficient (Wildman–Crippen LogP) is 3.52. The van der Waals surface area contributed by atoms with Gasteiger partial charge in [-0.1, -0.05) is 24.3 Å². The third-order valence-electron chi connectivity index (χ3n) is 3.53.